The van der Waals surface area contributed by atoms with Gasteiger partial charge in [0.2, 0.25) is 0 Å². The Bertz CT molecular complexity index is 968. The number of fused-ring (bicyclic) bond motifs is 1. The van der Waals surface area contributed by atoms with Crippen molar-refractivity contribution in [2.24, 2.45) is 5.16 Å². The van der Waals surface area contributed by atoms with Gasteiger partial charge in [0, 0.05) is 17.4 Å². The van der Waals surface area contributed by atoms with Crippen molar-refractivity contribution in [2.75, 3.05) is 12.4 Å². The largest absolute Gasteiger partial charge is 0.477 e. The minimum Gasteiger partial charge on any atom is -0.477 e. The van der Waals surface area contributed by atoms with Gasteiger partial charge in [0.15, 0.2) is 5.71 Å². The van der Waals surface area contributed by atoms with Gasteiger partial charge >= 0.3 is 11.9 Å². The average molecular weight is 451 g/mol. The van der Waals surface area contributed by atoms with Gasteiger partial charge in [0.1, 0.15) is 23.7 Å². The summed E-state index contributed by atoms with van der Waals surface area (Å²) in [5.74, 6) is -3.10. The van der Waals surface area contributed by atoms with Crippen molar-refractivity contribution in [1.29, 1.82) is 0 Å². The molecule has 0 radical (unpaired) electrons. The van der Waals surface area contributed by atoms with Gasteiger partial charge < -0.3 is 20.4 Å². The number of carboxylic acid groups (broad SMARTS) is 1. The number of hydrogen-bond donors (Lipinski definition) is 3. The topological polar surface area (TPSA) is 146 Å². The lowest BCUT2D eigenvalue weighted by Crippen LogP contribution is -2.71. The van der Waals surface area contributed by atoms with Crippen LogP contribution in [0.1, 0.15) is 11.8 Å². The second-order valence-corrected chi connectivity index (χ2v) is 8.20. The van der Waals surface area contributed by atoms with Crippen molar-refractivity contribution in [3.8, 4) is 0 Å². The summed E-state index contributed by atoms with van der Waals surface area (Å²) in [4.78, 5) is 49.8. The summed E-state index contributed by atoms with van der Waals surface area (Å²) >= 11 is 2.43. The van der Waals surface area contributed by atoms with E-state index < -0.39 is 35.2 Å². The molecular formula is C18H17N3O7S2. The van der Waals surface area contributed by atoms with E-state index in [4.69, 9.17) is 9.94 Å². The monoisotopic (exact) mass is 451 g/mol. The SMILES string of the molecule is C/C=C/C(=O)OCC1=C(C(=O)O)N2C(=O)[C@@H](NC(=O)C(=NO)c3cccs3)[C@H]2SC1. The number of carbonyl (C=O) groups excluding carboxylic acids is 3. The molecule has 10 nitrogen and oxygen atoms in total. The normalized spacial score (nSPS) is 21.3. The van der Waals surface area contributed by atoms with E-state index in [0.717, 1.165) is 4.90 Å². The predicted molar refractivity (Wildman–Crippen MR) is 108 cm³/mol. The number of hydrogen-bond acceptors (Lipinski definition) is 9. The van der Waals surface area contributed by atoms with Crippen LogP contribution < -0.4 is 5.32 Å². The standard InChI is InChI=1S/C18H17N3O7S2/c1-2-4-11(22)28-7-9-8-30-17-13(16(24)21(17)14(9)18(25)26)19-15(23)12(20-27)10-5-3-6-29-10/h2-6,13,17,27H,7-8H2,1H3,(H,19,23)(H,25,26)/b4-2+,20-12?/t13-,17-/m1/s1. The van der Waals surface area contributed by atoms with E-state index in [1.165, 1.54) is 35.3 Å². The van der Waals surface area contributed by atoms with E-state index in [1.54, 1.807) is 24.4 Å². The van der Waals surface area contributed by atoms with Crippen molar-refractivity contribution in [1.82, 2.24) is 10.2 Å². The number of carbonyl (C=O) groups is 4. The molecule has 0 bridgehead atoms. The highest BCUT2D eigenvalue weighted by atomic mass is 32.2. The van der Waals surface area contributed by atoms with Gasteiger partial charge in [-0.1, -0.05) is 17.3 Å². The van der Waals surface area contributed by atoms with Crippen LogP contribution in [0, 0.1) is 0 Å². The first-order chi connectivity index (χ1) is 14.4. The Morgan fingerprint density at radius 3 is 2.80 bits per heavy atom. The highest BCUT2D eigenvalue weighted by Gasteiger charge is 2.54. The van der Waals surface area contributed by atoms with Crippen LogP contribution in [0.4, 0.5) is 0 Å². The van der Waals surface area contributed by atoms with Gasteiger partial charge in [-0.25, -0.2) is 9.59 Å². The zero-order valence-corrected chi connectivity index (χ0v) is 17.2. The van der Waals surface area contributed by atoms with Crippen LogP contribution in [-0.4, -0.2) is 68.5 Å². The Kier molecular flexibility index (Phi) is 6.57. The van der Waals surface area contributed by atoms with Crippen molar-refractivity contribution in [2.45, 2.75) is 18.3 Å². The molecule has 2 atom stereocenters. The van der Waals surface area contributed by atoms with Crippen molar-refractivity contribution < 1.29 is 34.2 Å². The molecule has 2 amide bonds. The summed E-state index contributed by atoms with van der Waals surface area (Å²) in [7, 11) is 0. The summed E-state index contributed by atoms with van der Waals surface area (Å²) in [5.41, 5.74) is -0.199. The number of allylic oxidation sites excluding steroid dienone is 1. The lowest BCUT2D eigenvalue weighted by molar-refractivity contribution is -0.150. The quantitative estimate of drug-likeness (QED) is 0.138. The minimum atomic E-state index is -1.33. The molecule has 1 saturated heterocycles. The average Bonchev–Trinajstić information content (AvgIpc) is 3.24. The highest BCUT2D eigenvalue weighted by molar-refractivity contribution is 8.00. The lowest BCUT2D eigenvalue weighted by atomic mass is 10.0. The first-order valence-corrected chi connectivity index (χ1v) is 10.6. The smallest absolute Gasteiger partial charge is 0.352 e. The number of ether oxygens (including phenoxy) is 1. The van der Waals surface area contributed by atoms with E-state index >= 15 is 0 Å². The molecule has 2 aliphatic heterocycles. The number of oxime groups is 1. The molecule has 0 spiro atoms. The number of nitrogens with one attached hydrogen (secondary N) is 1. The summed E-state index contributed by atoms with van der Waals surface area (Å²) in [5, 5.41) is 25.3. The number of amides is 2. The number of thioether (sulfide) groups is 1. The molecule has 158 valence electrons. The molecule has 0 unspecified atom stereocenters. The fraction of sp³-hybridized carbons (Fsp3) is 0.278. The fourth-order valence-electron chi connectivity index (χ4n) is 2.97. The van der Waals surface area contributed by atoms with Crippen LogP contribution in [0.3, 0.4) is 0 Å². The van der Waals surface area contributed by atoms with Gasteiger partial charge in [-0.3, -0.25) is 14.5 Å². The third-order valence-corrected chi connectivity index (χ3v) is 6.51. The highest BCUT2D eigenvalue weighted by Crippen LogP contribution is 2.40. The van der Waals surface area contributed by atoms with E-state index in [0.29, 0.717) is 4.88 Å². The molecule has 30 heavy (non-hydrogen) atoms. The molecule has 0 saturated carbocycles. The van der Waals surface area contributed by atoms with Crippen molar-refractivity contribution in [3.05, 3.63) is 45.8 Å². The zero-order chi connectivity index (χ0) is 21.8. The van der Waals surface area contributed by atoms with E-state index in [-0.39, 0.29) is 29.3 Å². The zero-order valence-electron chi connectivity index (χ0n) is 15.6. The van der Waals surface area contributed by atoms with Crippen LogP contribution in [0.5, 0.6) is 0 Å². The van der Waals surface area contributed by atoms with Gasteiger partial charge in [0.25, 0.3) is 11.8 Å². The second kappa shape index (κ2) is 9.13. The van der Waals surface area contributed by atoms with Gasteiger partial charge in [-0.15, -0.1) is 23.1 Å². The maximum Gasteiger partial charge on any atom is 0.352 e. The summed E-state index contributed by atoms with van der Waals surface area (Å²) < 4.78 is 5.01. The third kappa shape index (κ3) is 4.09. The molecule has 1 aromatic rings. The Labute approximate surface area is 178 Å². The number of thiophene rings is 1. The Hall–Kier alpha value is -3.12. The molecule has 0 aliphatic carbocycles. The molecule has 1 fully saturated rings. The minimum absolute atomic E-state index is 0.206. The molecule has 2 aliphatic rings. The Morgan fingerprint density at radius 2 is 2.20 bits per heavy atom. The lowest BCUT2D eigenvalue weighted by Gasteiger charge is -2.49. The van der Waals surface area contributed by atoms with Gasteiger partial charge in [-0.2, -0.15) is 0 Å². The molecule has 0 aromatic carbocycles. The number of rotatable bonds is 7. The molecular weight excluding hydrogens is 434 g/mol. The number of esters is 1. The molecule has 1 aromatic heterocycles. The maximum absolute atomic E-state index is 12.6. The Balaban J connectivity index is 1.73. The number of β-lactam (4-membered cyclic amide) rings is 1. The van der Waals surface area contributed by atoms with Crippen LogP contribution in [0.25, 0.3) is 0 Å². The third-order valence-electron chi connectivity index (χ3n) is 4.30. The number of nitrogens with zero attached hydrogens (tertiary/aromatic N) is 2. The second-order valence-electron chi connectivity index (χ2n) is 6.15. The van der Waals surface area contributed by atoms with Gasteiger partial charge in [0.05, 0.1) is 4.88 Å². The molecule has 3 N–H and O–H groups in total. The van der Waals surface area contributed by atoms with Crippen LogP contribution >= 0.6 is 23.1 Å². The van der Waals surface area contributed by atoms with E-state index in [9.17, 15) is 24.3 Å². The van der Waals surface area contributed by atoms with Crippen LogP contribution in [-0.2, 0) is 23.9 Å². The number of carboxylic acids is 1. The van der Waals surface area contributed by atoms with Crippen molar-refractivity contribution >= 4 is 52.6 Å². The van der Waals surface area contributed by atoms with Crippen LogP contribution in [0.15, 0.2) is 46.1 Å². The molecule has 12 heteroatoms. The maximum atomic E-state index is 12.6. The fourth-order valence-corrected chi connectivity index (χ4v) is 5.00. The first kappa shape index (κ1) is 21.6. The van der Waals surface area contributed by atoms with E-state index in [1.807, 2.05) is 0 Å². The van der Waals surface area contributed by atoms with Crippen molar-refractivity contribution in [3.63, 3.8) is 0 Å². The summed E-state index contributed by atoms with van der Waals surface area (Å²) in [6.45, 7) is 1.38. The van der Waals surface area contributed by atoms with Crippen LogP contribution in [0.2, 0.25) is 0 Å². The summed E-state index contributed by atoms with van der Waals surface area (Å²) in [6, 6.07) is 2.30. The van der Waals surface area contributed by atoms with E-state index in [2.05, 4.69) is 10.5 Å². The molecule has 3 heterocycles. The molecule has 3 rings (SSSR count). The van der Waals surface area contributed by atoms with Gasteiger partial charge in [-0.05, 0) is 18.4 Å². The summed E-state index contributed by atoms with van der Waals surface area (Å²) in [6.07, 6.45) is 2.70. The Morgan fingerprint density at radius 1 is 1.43 bits per heavy atom. The first-order valence-electron chi connectivity index (χ1n) is 8.65. The number of aliphatic carboxylic acids is 1. The predicted octanol–water partition coefficient (Wildman–Crippen LogP) is 0.784.